The molecule has 0 saturated carbocycles. The van der Waals surface area contributed by atoms with Crippen LogP contribution in [0.25, 0.3) is 11.0 Å². The van der Waals surface area contributed by atoms with E-state index in [1.165, 1.54) is 5.52 Å². The smallest absolute Gasteiger partial charge is 0.116 e. The molecule has 0 amide bonds. The minimum absolute atomic E-state index is 0.436. The van der Waals surface area contributed by atoms with Crippen molar-refractivity contribution in [1.29, 1.82) is 0 Å². The molecule has 0 unspecified atom stereocenters. The largest absolute Gasteiger partial charge is 0.393 e. The van der Waals surface area contributed by atoms with Crippen molar-refractivity contribution in [3.8, 4) is 0 Å². The summed E-state index contributed by atoms with van der Waals surface area (Å²) in [7, 11) is 0. The average molecular weight is 275 g/mol. The molecule has 4 nitrogen and oxygen atoms in total. The minimum Gasteiger partial charge on any atom is -0.393 e. The zero-order valence-corrected chi connectivity index (χ0v) is 11.5. The van der Waals surface area contributed by atoms with Gasteiger partial charge in [0.05, 0.1) is 22.4 Å². The third-order valence-electron chi connectivity index (χ3n) is 3.56. The highest BCUT2D eigenvalue weighted by atomic mass is 32.1. The first kappa shape index (κ1) is 12.6. The van der Waals surface area contributed by atoms with Crippen molar-refractivity contribution in [3.63, 3.8) is 0 Å². The molecule has 3 rings (SSSR count). The zero-order valence-electron chi connectivity index (χ0n) is 10.7. The number of para-hydroxylation sites is 2. The highest BCUT2D eigenvalue weighted by molar-refractivity contribution is 7.80. The Morgan fingerprint density at radius 1 is 1.37 bits per heavy atom. The SMILES string of the molecule is NC(=S)Cc1nc2ccccc2n1C1CCOCC1. The van der Waals surface area contributed by atoms with Gasteiger partial charge in [-0.2, -0.15) is 0 Å². The van der Waals surface area contributed by atoms with Gasteiger partial charge in [-0.05, 0) is 25.0 Å². The van der Waals surface area contributed by atoms with Crippen molar-refractivity contribution >= 4 is 28.2 Å². The second-order valence-electron chi connectivity index (χ2n) is 4.87. The van der Waals surface area contributed by atoms with Gasteiger partial charge in [-0.15, -0.1) is 0 Å². The summed E-state index contributed by atoms with van der Waals surface area (Å²) >= 11 is 5.04. The molecule has 0 bridgehead atoms. The van der Waals surface area contributed by atoms with E-state index in [9.17, 15) is 0 Å². The number of aromatic nitrogens is 2. The Kier molecular flexibility index (Phi) is 3.48. The lowest BCUT2D eigenvalue weighted by Gasteiger charge is -2.25. The zero-order chi connectivity index (χ0) is 13.2. The lowest BCUT2D eigenvalue weighted by Crippen LogP contribution is -2.23. The van der Waals surface area contributed by atoms with Crippen LogP contribution in [0.5, 0.6) is 0 Å². The van der Waals surface area contributed by atoms with E-state index in [2.05, 4.69) is 15.6 Å². The molecule has 0 radical (unpaired) electrons. The van der Waals surface area contributed by atoms with Gasteiger partial charge in [0.25, 0.3) is 0 Å². The summed E-state index contributed by atoms with van der Waals surface area (Å²) in [4.78, 5) is 5.17. The number of benzene rings is 1. The summed E-state index contributed by atoms with van der Waals surface area (Å²) < 4.78 is 7.75. The summed E-state index contributed by atoms with van der Waals surface area (Å²) in [6.07, 6.45) is 2.59. The molecule has 2 heterocycles. The number of hydrogen-bond donors (Lipinski definition) is 1. The van der Waals surface area contributed by atoms with E-state index in [0.717, 1.165) is 37.4 Å². The number of ether oxygens (including phenoxy) is 1. The number of thiocarbonyl (C=S) groups is 1. The van der Waals surface area contributed by atoms with Gasteiger partial charge in [0.2, 0.25) is 0 Å². The monoisotopic (exact) mass is 275 g/mol. The van der Waals surface area contributed by atoms with Crippen molar-refractivity contribution in [2.24, 2.45) is 5.73 Å². The lowest BCUT2D eigenvalue weighted by molar-refractivity contribution is 0.0700. The highest BCUT2D eigenvalue weighted by Crippen LogP contribution is 2.28. The maximum atomic E-state index is 5.70. The molecule has 1 aliphatic rings. The standard InChI is InChI=1S/C14H17N3OS/c15-13(19)9-14-16-11-3-1-2-4-12(11)17(14)10-5-7-18-8-6-10/h1-4,10H,5-9H2,(H2,15,19). The maximum Gasteiger partial charge on any atom is 0.116 e. The normalized spacial score (nSPS) is 16.8. The van der Waals surface area contributed by atoms with Crippen molar-refractivity contribution < 1.29 is 4.74 Å². The van der Waals surface area contributed by atoms with Gasteiger partial charge in [0.1, 0.15) is 5.82 Å². The van der Waals surface area contributed by atoms with Crippen LogP contribution in [-0.4, -0.2) is 27.8 Å². The molecular formula is C14H17N3OS. The number of fused-ring (bicyclic) bond motifs is 1. The van der Waals surface area contributed by atoms with Gasteiger partial charge in [0, 0.05) is 19.3 Å². The van der Waals surface area contributed by atoms with E-state index in [-0.39, 0.29) is 0 Å². The molecule has 19 heavy (non-hydrogen) atoms. The minimum atomic E-state index is 0.436. The number of hydrogen-bond acceptors (Lipinski definition) is 3. The van der Waals surface area contributed by atoms with Gasteiger partial charge in [-0.3, -0.25) is 0 Å². The predicted molar refractivity (Wildman–Crippen MR) is 79.3 cm³/mol. The van der Waals surface area contributed by atoms with Crippen LogP contribution in [0, 0.1) is 0 Å². The fourth-order valence-electron chi connectivity index (χ4n) is 2.73. The first-order chi connectivity index (χ1) is 9.25. The topological polar surface area (TPSA) is 53.1 Å². The maximum absolute atomic E-state index is 5.70. The van der Waals surface area contributed by atoms with Crippen LogP contribution in [0.4, 0.5) is 0 Å². The van der Waals surface area contributed by atoms with Gasteiger partial charge in [0.15, 0.2) is 0 Å². The molecule has 5 heteroatoms. The summed E-state index contributed by atoms with van der Waals surface area (Å²) in [6.45, 7) is 1.62. The van der Waals surface area contributed by atoms with Crippen molar-refractivity contribution in [3.05, 3.63) is 30.1 Å². The van der Waals surface area contributed by atoms with E-state index in [0.29, 0.717) is 17.5 Å². The summed E-state index contributed by atoms with van der Waals surface area (Å²) in [5.41, 5.74) is 7.88. The third-order valence-corrected chi connectivity index (χ3v) is 3.70. The number of imidazole rings is 1. The van der Waals surface area contributed by atoms with Crippen LogP contribution in [0.15, 0.2) is 24.3 Å². The van der Waals surface area contributed by atoms with Crippen LogP contribution in [0.3, 0.4) is 0 Å². The molecule has 2 N–H and O–H groups in total. The Morgan fingerprint density at radius 2 is 2.11 bits per heavy atom. The van der Waals surface area contributed by atoms with Crippen molar-refractivity contribution in [2.75, 3.05) is 13.2 Å². The first-order valence-electron chi connectivity index (χ1n) is 6.57. The fourth-order valence-corrected chi connectivity index (χ4v) is 2.85. The molecule has 1 fully saturated rings. The van der Waals surface area contributed by atoms with E-state index in [1.807, 2.05) is 18.2 Å². The lowest BCUT2D eigenvalue weighted by atomic mass is 10.1. The van der Waals surface area contributed by atoms with Crippen LogP contribution in [0.2, 0.25) is 0 Å². The molecule has 1 aromatic carbocycles. The van der Waals surface area contributed by atoms with Crippen LogP contribution < -0.4 is 5.73 Å². The molecule has 0 spiro atoms. The second kappa shape index (κ2) is 5.27. The van der Waals surface area contributed by atoms with E-state index in [4.69, 9.17) is 22.7 Å². The molecule has 0 aliphatic carbocycles. The average Bonchev–Trinajstić information content (AvgIpc) is 2.76. The summed E-state index contributed by atoms with van der Waals surface area (Å²) in [6, 6.07) is 8.64. The quantitative estimate of drug-likeness (QED) is 0.873. The van der Waals surface area contributed by atoms with Crippen LogP contribution in [-0.2, 0) is 11.2 Å². The van der Waals surface area contributed by atoms with Crippen molar-refractivity contribution in [2.45, 2.75) is 25.3 Å². The molecule has 1 aliphatic heterocycles. The Balaban J connectivity index is 2.09. The van der Waals surface area contributed by atoms with Gasteiger partial charge in [-0.25, -0.2) is 4.98 Å². The molecule has 100 valence electrons. The highest BCUT2D eigenvalue weighted by Gasteiger charge is 2.21. The molecule has 0 atom stereocenters. The van der Waals surface area contributed by atoms with E-state index < -0.39 is 0 Å². The first-order valence-corrected chi connectivity index (χ1v) is 6.98. The summed E-state index contributed by atoms with van der Waals surface area (Å²) in [5, 5.41) is 0. The molecular weight excluding hydrogens is 258 g/mol. The third kappa shape index (κ3) is 2.48. The fraction of sp³-hybridized carbons (Fsp3) is 0.429. The Bertz CT molecular complexity index is 602. The Hall–Kier alpha value is -1.46. The number of nitrogens with two attached hydrogens (primary N) is 1. The molecule has 1 aromatic heterocycles. The Morgan fingerprint density at radius 3 is 2.84 bits per heavy atom. The van der Waals surface area contributed by atoms with Gasteiger partial charge in [-0.1, -0.05) is 24.4 Å². The van der Waals surface area contributed by atoms with Gasteiger partial charge >= 0.3 is 0 Å². The van der Waals surface area contributed by atoms with Crippen LogP contribution in [0.1, 0.15) is 24.7 Å². The van der Waals surface area contributed by atoms with E-state index >= 15 is 0 Å². The van der Waals surface area contributed by atoms with E-state index in [1.54, 1.807) is 0 Å². The molecule has 1 saturated heterocycles. The summed E-state index contributed by atoms with van der Waals surface area (Å²) in [5.74, 6) is 0.973. The second-order valence-corrected chi connectivity index (χ2v) is 5.40. The Labute approximate surface area is 117 Å². The number of rotatable bonds is 3. The van der Waals surface area contributed by atoms with Gasteiger partial charge < -0.3 is 15.0 Å². The number of nitrogens with zero attached hydrogens (tertiary/aromatic N) is 2. The predicted octanol–water partition coefficient (Wildman–Crippen LogP) is 2.22. The molecule has 2 aromatic rings. The van der Waals surface area contributed by atoms with Crippen molar-refractivity contribution in [1.82, 2.24) is 9.55 Å². The van der Waals surface area contributed by atoms with Crippen LogP contribution >= 0.6 is 12.2 Å².